The van der Waals surface area contributed by atoms with Crippen LogP contribution in [0.1, 0.15) is 98.1 Å². The topological polar surface area (TPSA) is 429 Å². The summed E-state index contributed by atoms with van der Waals surface area (Å²) in [5, 5.41) is 26.6. The molecule has 3 heterocycles. The number of esters is 1. The second kappa shape index (κ2) is 40.9. The number of aliphatic carboxylic acids is 1. The van der Waals surface area contributed by atoms with E-state index in [4.69, 9.17) is 5.11 Å². The number of hydrogen-bond acceptors (Lipinski definition) is 26. The lowest BCUT2D eigenvalue weighted by Gasteiger charge is -2.15. The zero-order valence-corrected chi connectivity index (χ0v) is 64.2. The summed E-state index contributed by atoms with van der Waals surface area (Å²) >= 11 is 7.53. The van der Waals surface area contributed by atoms with Crippen molar-refractivity contribution in [1.29, 1.82) is 0 Å². The van der Waals surface area contributed by atoms with Crippen LogP contribution < -0.4 is 30.1 Å². The summed E-state index contributed by atoms with van der Waals surface area (Å²) in [6.45, 7) is 4.64. The number of thioether (sulfide) groups is 3. The maximum Gasteiger partial charge on any atom is 0.323 e. The van der Waals surface area contributed by atoms with E-state index >= 15 is 0 Å². The molecule has 27 nitrogen and oxygen atoms in total. The van der Waals surface area contributed by atoms with Gasteiger partial charge < -0.3 is 35.7 Å². The second-order valence-electron chi connectivity index (χ2n) is 21.2. The summed E-state index contributed by atoms with van der Waals surface area (Å²) in [5.41, 5.74) is 2.38. The fourth-order valence-electron chi connectivity index (χ4n) is 7.89. The summed E-state index contributed by atoms with van der Waals surface area (Å²) in [5.74, 6) is 0.966. The maximum absolute atomic E-state index is 12.6. The summed E-state index contributed by atoms with van der Waals surface area (Å²) < 4.78 is 155. The Balaban J connectivity index is 0.000000316. The van der Waals surface area contributed by atoms with Crippen molar-refractivity contribution >= 4 is 165 Å². The van der Waals surface area contributed by atoms with Crippen LogP contribution in [0.4, 0.5) is 0 Å². The molecule has 99 heavy (non-hydrogen) atoms. The highest BCUT2D eigenvalue weighted by atomic mass is 32.3. The van der Waals surface area contributed by atoms with E-state index in [1.54, 1.807) is 73.8 Å². The second-order valence-corrected chi connectivity index (χ2v) is 39.6. The molecule has 546 valence electrons. The number of aliphatic hydroxyl groups excluding tert-OH is 1. The number of carbonyl (C=O) groups excluding carboxylic acids is 5. The van der Waals surface area contributed by atoms with Gasteiger partial charge in [0.05, 0.1) is 48.9 Å². The molecule has 0 saturated carbocycles. The van der Waals surface area contributed by atoms with E-state index in [1.165, 1.54) is 79.5 Å². The van der Waals surface area contributed by atoms with Crippen LogP contribution >= 0.6 is 69.3 Å². The molecule has 0 aliphatic heterocycles. The number of carboxylic acid groups (broad SMARTS) is 1. The quantitative estimate of drug-likeness (QED) is 0.00925. The Morgan fingerprint density at radius 2 is 0.828 bits per heavy atom. The number of aliphatic hydroxyl groups is 1. The molecule has 0 saturated heterocycles. The van der Waals surface area contributed by atoms with Gasteiger partial charge in [0, 0.05) is 55.7 Å². The van der Waals surface area contributed by atoms with Crippen molar-refractivity contribution in [2.75, 3.05) is 62.8 Å². The number of sulfone groups is 3. The maximum atomic E-state index is 12.6. The molecule has 0 unspecified atom stereocenters. The van der Waals surface area contributed by atoms with Gasteiger partial charge in [-0.3, -0.25) is 24.0 Å². The van der Waals surface area contributed by atoms with Crippen LogP contribution in [0.2, 0.25) is 0 Å². The van der Waals surface area contributed by atoms with Crippen molar-refractivity contribution < 1.29 is 94.2 Å². The van der Waals surface area contributed by atoms with Gasteiger partial charge in [-0.05, 0) is 139 Å². The number of sulfonamides is 3. The number of nitrogens with one attached hydrogen (secondary N) is 6. The SMILES string of the molecule is CC[C@@H](O)NS(=O)(=O)c1cccc(CSCCCNC(=O)c2ccc(S(C)(=O)=O)s2)c1.CC[C@H](NS(=O)(=O)c1cccc(CSCCCNC(=O)c2ccc(S(C)(=O)=O)s2)c1)C(=O)OC.CS(=O)(=O)c1ccc(C(=O)NCCCSCc2cccc(S(=O)(=O)N[C@H](C=O)CC(=O)O)c2)s1. The van der Waals surface area contributed by atoms with Gasteiger partial charge in [0.2, 0.25) is 30.1 Å². The predicted molar refractivity (Wildman–Crippen MR) is 386 cm³/mol. The minimum absolute atomic E-state index is 0.0699. The zero-order valence-electron chi connectivity index (χ0n) is 54.4. The smallest absolute Gasteiger partial charge is 0.323 e. The minimum atomic E-state index is -4.06. The Labute approximate surface area is 602 Å². The van der Waals surface area contributed by atoms with Crippen LogP contribution in [-0.2, 0) is 96.0 Å². The third-order valence-electron chi connectivity index (χ3n) is 12.9. The Morgan fingerprint density at radius 1 is 0.495 bits per heavy atom. The average molecular weight is 1600 g/mol. The number of carbonyl (C=O) groups is 6. The number of carboxylic acids is 1. The number of ether oxygens (including phenoxy) is 1. The monoisotopic (exact) mass is 1600 g/mol. The van der Waals surface area contributed by atoms with Gasteiger partial charge in [0.15, 0.2) is 29.5 Å². The average Bonchev–Trinajstić information content (AvgIpc) is 1.82. The van der Waals surface area contributed by atoms with Crippen molar-refractivity contribution in [2.45, 2.75) is 115 Å². The molecule has 0 fully saturated rings. The molecule has 0 spiro atoms. The highest BCUT2D eigenvalue weighted by Gasteiger charge is 2.27. The van der Waals surface area contributed by atoms with Gasteiger partial charge in [-0.1, -0.05) is 50.2 Å². The molecule has 3 aromatic carbocycles. The molecule has 3 aromatic heterocycles. The van der Waals surface area contributed by atoms with Crippen molar-refractivity contribution in [3.63, 3.8) is 0 Å². The Kier molecular flexibility index (Phi) is 35.4. The number of hydrogen-bond donors (Lipinski definition) is 8. The predicted octanol–water partition coefficient (Wildman–Crippen LogP) is 6.17. The highest BCUT2D eigenvalue weighted by molar-refractivity contribution is 7.99. The van der Waals surface area contributed by atoms with Crippen LogP contribution in [0.25, 0.3) is 0 Å². The molecule has 8 N–H and O–H groups in total. The molecule has 39 heteroatoms. The first-order valence-electron chi connectivity index (χ1n) is 29.7. The first-order valence-corrected chi connectivity index (χ1v) is 45.7. The number of rotatable bonds is 39. The van der Waals surface area contributed by atoms with E-state index in [0.29, 0.717) is 76.5 Å². The highest BCUT2D eigenvalue weighted by Crippen LogP contribution is 2.26. The summed E-state index contributed by atoms with van der Waals surface area (Å²) in [6.07, 6.45) is 4.35. The number of benzene rings is 3. The number of thiophene rings is 3. The van der Waals surface area contributed by atoms with Crippen LogP contribution in [0, 0.1) is 0 Å². The van der Waals surface area contributed by atoms with Gasteiger partial charge >= 0.3 is 11.9 Å². The molecule has 3 amide bonds. The van der Waals surface area contributed by atoms with Gasteiger partial charge in [0.1, 0.15) is 31.2 Å². The normalized spacial score (nSPS) is 12.9. The van der Waals surface area contributed by atoms with Gasteiger partial charge in [-0.15, -0.1) is 34.0 Å². The molecule has 0 radical (unpaired) electrons. The summed E-state index contributed by atoms with van der Waals surface area (Å²) in [6, 6.07) is 25.6. The van der Waals surface area contributed by atoms with Crippen LogP contribution in [0.15, 0.2) is 137 Å². The number of amides is 3. The summed E-state index contributed by atoms with van der Waals surface area (Å²) in [4.78, 5) is 70.9. The molecule has 6 rings (SSSR count). The third-order valence-corrected chi connectivity index (χ3v) is 29.4. The molecule has 0 aliphatic rings. The van der Waals surface area contributed by atoms with E-state index in [2.05, 4.69) is 34.9 Å². The first-order chi connectivity index (χ1) is 46.4. The van der Waals surface area contributed by atoms with Gasteiger partial charge in [-0.2, -0.15) is 44.7 Å². The fraction of sp³-hybridized carbons (Fsp3) is 0.400. The minimum Gasteiger partial charge on any atom is -0.481 e. The lowest BCUT2D eigenvalue weighted by molar-refractivity contribution is -0.142. The summed E-state index contributed by atoms with van der Waals surface area (Å²) in [7, 11) is -20.5. The van der Waals surface area contributed by atoms with E-state index < -0.39 is 96.3 Å². The van der Waals surface area contributed by atoms with Crippen molar-refractivity contribution in [3.8, 4) is 0 Å². The molecule has 6 aromatic rings. The van der Waals surface area contributed by atoms with E-state index in [9.17, 15) is 84.4 Å². The Morgan fingerprint density at radius 3 is 1.11 bits per heavy atom. The molecular weight excluding hydrogens is 1530 g/mol. The zero-order chi connectivity index (χ0) is 73.8. The lowest BCUT2D eigenvalue weighted by atomic mass is 10.2. The van der Waals surface area contributed by atoms with Crippen molar-refractivity contribution in [2.24, 2.45) is 0 Å². The number of aldehydes is 1. The van der Waals surface area contributed by atoms with E-state index in [0.717, 1.165) is 81.0 Å². The van der Waals surface area contributed by atoms with Crippen molar-refractivity contribution in [3.05, 3.63) is 141 Å². The van der Waals surface area contributed by atoms with Crippen LogP contribution in [0.5, 0.6) is 0 Å². The van der Waals surface area contributed by atoms with Gasteiger partial charge in [0.25, 0.3) is 17.7 Å². The third kappa shape index (κ3) is 30.5. The van der Waals surface area contributed by atoms with Crippen molar-refractivity contribution in [1.82, 2.24) is 30.1 Å². The van der Waals surface area contributed by atoms with Gasteiger partial charge in [-0.25, -0.2) is 55.2 Å². The Bertz CT molecular complexity index is 4430. The molecule has 3 atom stereocenters. The number of methoxy groups -OCH3 is 1. The largest absolute Gasteiger partial charge is 0.481 e. The van der Waals surface area contributed by atoms with E-state index in [-0.39, 0.29) is 64.2 Å². The Hall–Kier alpha value is -5.63. The molecule has 0 aliphatic carbocycles. The fourth-order valence-corrected chi connectivity index (χ4v) is 19.9. The van der Waals surface area contributed by atoms with Crippen LogP contribution in [-0.4, -0.2) is 178 Å². The molecule has 0 bridgehead atoms. The standard InChI is InChI=1S/C21H28N2O7S4.C20H24N2O8S4.C19H26N2O6S4/c1-4-17(21(25)30-2)23-34(28,29)16-8-5-7-15(13-16)14-31-12-6-11-22-20(24)18-9-10-19(32-18)33(3,26)27;1-33(27,28)19-7-6-17(32-19)20(26)21-8-3-9-31-13-14-4-2-5-16(10-14)34(29,30)22-15(12-23)11-18(24)25;1-3-17(22)21-31(26,27)15-7-4-6-14(12-15)13-28-11-5-10-20-19(23)16-8-9-18(29-16)30(2,24)25/h5,7-10,13,17,23H,4,6,11-12,14H2,1-3H3,(H,22,24);2,4-7,10,12,15,22H,3,8-9,11,13H2,1H3,(H,21,26)(H,24,25);4,6-9,12,17,21-22H,3,5,10-11,13H2,1-2H3,(H,20,23)/t17-;15-;17-/m001/s1. The molecular formula is C60H78N6O21S12. The lowest BCUT2D eigenvalue weighted by Crippen LogP contribution is -2.40. The van der Waals surface area contributed by atoms with E-state index in [1.807, 2.05) is 12.1 Å². The first kappa shape index (κ1) is 85.8. The van der Waals surface area contributed by atoms with Crippen LogP contribution in [0.3, 0.4) is 0 Å².